The van der Waals surface area contributed by atoms with Crippen molar-refractivity contribution in [3.63, 3.8) is 0 Å². The number of hydrogen-bond donors (Lipinski definition) is 2. The zero-order valence-corrected chi connectivity index (χ0v) is 12.3. The van der Waals surface area contributed by atoms with Gasteiger partial charge in [0, 0.05) is 6.08 Å². The molecule has 2 aromatic carbocycles. The van der Waals surface area contributed by atoms with Crippen LogP contribution in [0.3, 0.4) is 0 Å². The van der Waals surface area contributed by atoms with E-state index >= 15 is 0 Å². The predicted molar refractivity (Wildman–Crippen MR) is 84.1 cm³/mol. The van der Waals surface area contributed by atoms with Gasteiger partial charge < -0.3 is 11.1 Å². The largest absolute Gasteiger partial charge is 0.416 e. The van der Waals surface area contributed by atoms with Crippen molar-refractivity contribution in [1.29, 1.82) is 0 Å². The van der Waals surface area contributed by atoms with Gasteiger partial charge in [-0.2, -0.15) is 13.2 Å². The molecule has 0 spiro atoms. The van der Waals surface area contributed by atoms with Crippen molar-refractivity contribution >= 4 is 23.6 Å². The summed E-state index contributed by atoms with van der Waals surface area (Å²) in [7, 11) is 0. The van der Waals surface area contributed by atoms with E-state index in [1.165, 1.54) is 30.3 Å². The van der Waals surface area contributed by atoms with Crippen LogP contribution >= 0.6 is 0 Å². The molecule has 7 heteroatoms. The van der Waals surface area contributed by atoms with Crippen molar-refractivity contribution in [3.05, 3.63) is 71.3 Å². The van der Waals surface area contributed by atoms with Crippen molar-refractivity contribution in [3.8, 4) is 0 Å². The van der Waals surface area contributed by atoms with Crippen molar-refractivity contribution < 1.29 is 22.8 Å². The summed E-state index contributed by atoms with van der Waals surface area (Å²) < 4.78 is 37.4. The fraction of sp³-hybridized carbons (Fsp3) is 0.0588. The topological polar surface area (TPSA) is 72.2 Å². The lowest BCUT2D eigenvalue weighted by Gasteiger charge is -2.07. The molecule has 0 aliphatic heterocycles. The molecule has 0 aliphatic carbocycles. The Balaban J connectivity index is 2.07. The first kappa shape index (κ1) is 17.3. The fourth-order valence-corrected chi connectivity index (χ4v) is 1.94. The van der Waals surface area contributed by atoms with Gasteiger partial charge in [0.15, 0.2) is 0 Å². The average molecular weight is 334 g/mol. The smallest absolute Gasteiger partial charge is 0.366 e. The van der Waals surface area contributed by atoms with Gasteiger partial charge in [-0.1, -0.05) is 24.3 Å². The summed E-state index contributed by atoms with van der Waals surface area (Å²) in [4.78, 5) is 23.1. The van der Waals surface area contributed by atoms with Gasteiger partial charge in [0.05, 0.1) is 16.8 Å². The molecule has 124 valence electrons. The molecule has 0 unspecified atom stereocenters. The summed E-state index contributed by atoms with van der Waals surface area (Å²) >= 11 is 0. The molecule has 0 saturated heterocycles. The van der Waals surface area contributed by atoms with Crippen molar-refractivity contribution in [2.75, 3.05) is 5.32 Å². The number of carbonyl (C=O) groups excluding carboxylic acids is 2. The first-order valence-corrected chi connectivity index (χ1v) is 6.82. The molecule has 3 N–H and O–H groups in total. The number of rotatable bonds is 4. The Bertz CT molecular complexity index is 781. The number of nitrogens with two attached hydrogens (primary N) is 1. The van der Waals surface area contributed by atoms with E-state index in [1.54, 1.807) is 12.1 Å². The van der Waals surface area contributed by atoms with Gasteiger partial charge in [-0.25, -0.2) is 0 Å². The highest BCUT2D eigenvalue weighted by Crippen LogP contribution is 2.29. The molecule has 0 heterocycles. The van der Waals surface area contributed by atoms with Crippen LogP contribution in [0.2, 0.25) is 0 Å². The average Bonchev–Trinajstić information content (AvgIpc) is 2.53. The number of halogens is 3. The third-order valence-electron chi connectivity index (χ3n) is 3.12. The number of alkyl halides is 3. The number of carbonyl (C=O) groups is 2. The first-order chi connectivity index (χ1) is 11.3. The standard InChI is InChI=1S/C17H13F3N2O2/c18-17(19,20)12-8-5-11(6-9-12)7-10-15(23)22-14-4-2-1-3-13(14)16(21)24/h1-10H,(H2,21,24)(H,22,23)/b10-7+. The normalized spacial score (nSPS) is 11.5. The van der Waals surface area contributed by atoms with Gasteiger partial charge in [0.2, 0.25) is 5.91 Å². The van der Waals surface area contributed by atoms with Crippen molar-refractivity contribution in [1.82, 2.24) is 0 Å². The molecule has 0 aromatic heterocycles. The van der Waals surface area contributed by atoms with E-state index in [2.05, 4.69) is 5.32 Å². The van der Waals surface area contributed by atoms with Gasteiger partial charge >= 0.3 is 6.18 Å². The van der Waals surface area contributed by atoms with Crippen LogP contribution in [-0.2, 0) is 11.0 Å². The summed E-state index contributed by atoms with van der Waals surface area (Å²) in [6.45, 7) is 0. The minimum atomic E-state index is -4.40. The zero-order valence-electron chi connectivity index (χ0n) is 12.3. The molecule has 0 saturated carbocycles. The number of anilines is 1. The zero-order chi connectivity index (χ0) is 17.7. The molecule has 24 heavy (non-hydrogen) atoms. The van der Waals surface area contributed by atoms with Crippen LogP contribution in [0.15, 0.2) is 54.6 Å². The molecular weight excluding hydrogens is 321 g/mol. The molecule has 0 fully saturated rings. The second kappa shape index (κ2) is 6.99. The first-order valence-electron chi connectivity index (χ1n) is 6.82. The van der Waals surface area contributed by atoms with Crippen LogP contribution in [0.25, 0.3) is 6.08 Å². The van der Waals surface area contributed by atoms with Crippen LogP contribution in [0, 0.1) is 0 Å². The number of hydrogen-bond acceptors (Lipinski definition) is 2. The summed E-state index contributed by atoms with van der Waals surface area (Å²) in [6.07, 6.45) is -1.89. The van der Waals surface area contributed by atoms with Crippen LogP contribution in [-0.4, -0.2) is 11.8 Å². The van der Waals surface area contributed by atoms with Crippen molar-refractivity contribution in [2.45, 2.75) is 6.18 Å². The van der Waals surface area contributed by atoms with Gasteiger partial charge in [0.25, 0.3) is 5.91 Å². The summed E-state index contributed by atoms with van der Waals surface area (Å²) in [5.74, 6) is -1.22. The Morgan fingerprint density at radius 1 is 1.00 bits per heavy atom. The van der Waals surface area contributed by atoms with E-state index in [0.717, 1.165) is 18.2 Å². The molecule has 2 aromatic rings. The molecule has 0 bridgehead atoms. The van der Waals surface area contributed by atoms with Crippen molar-refractivity contribution in [2.24, 2.45) is 5.73 Å². The van der Waals surface area contributed by atoms with E-state index in [-0.39, 0.29) is 11.3 Å². The number of nitrogens with one attached hydrogen (secondary N) is 1. The Labute approximate surface area is 135 Å². The van der Waals surface area contributed by atoms with E-state index < -0.39 is 23.6 Å². The molecule has 2 amide bonds. The van der Waals surface area contributed by atoms with Crippen LogP contribution in [0.4, 0.5) is 18.9 Å². The van der Waals surface area contributed by atoms with E-state index in [0.29, 0.717) is 5.56 Å². The molecular formula is C17H13F3N2O2. The molecule has 0 atom stereocenters. The monoisotopic (exact) mass is 334 g/mol. The molecule has 0 radical (unpaired) electrons. The van der Waals surface area contributed by atoms with Gasteiger partial charge in [-0.3, -0.25) is 9.59 Å². The summed E-state index contributed by atoms with van der Waals surface area (Å²) in [5.41, 5.74) is 5.29. The van der Waals surface area contributed by atoms with Crippen LogP contribution < -0.4 is 11.1 Å². The highest BCUT2D eigenvalue weighted by Gasteiger charge is 2.29. The number of para-hydroxylation sites is 1. The predicted octanol–water partition coefficient (Wildman–Crippen LogP) is 3.46. The van der Waals surface area contributed by atoms with E-state index in [1.807, 2.05) is 0 Å². The molecule has 4 nitrogen and oxygen atoms in total. The Morgan fingerprint density at radius 3 is 2.21 bits per heavy atom. The number of benzene rings is 2. The maximum Gasteiger partial charge on any atom is 0.416 e. The quantitative estimate of drug-likeness (QED) is 0.841. The minimum absolute atomic E-state index is 0.161. The Kier molecular flexibility index (Phi) is 5.03. The third-order valence-corrected chi connectivity index (χ3v) is 3.12. The highest BCUT2D eigenvalue weighted by atomic mass is 19.4. The number of amides is 2. The SMILES string of the molecule is NC(=O)c1ccccc1NC(=O)/C=C/c1ccc(C(F)(F)F)cc1. The summed E-state index contributed by atoms with van der Waals surface area (Å²) in [6, 6.07) is 10.6. The second-order valence-electron chi connectivity index (χ2n) is 4.85. The molecule has 0 aliphatic rings. The Morgan fingerprint density at radius 2 is 1.62 bits per heavy atom. The van der Waals surface area contributed by atoms with E-state index in [4.69, 9.17) is 5.73 Å². The van der Waals surface area contributed by atoms with Crippen LogP contribution in [0.1, 0.15) is 21.5 Å². The van der Waals surface area contributed by atoms with E-state index in [9.17, 15) is 22.8 Å². The lowest BCUT2D eigenvalue weighted by Crippen LogP contribution is -2.16. The second-order valence-corrected chi connectivity index (χ2v) is 4.85. The lowest BCUT2D eigenvalue weighted by molar-refractivity contribution is -0.137. The maximum absolute atomic E-state index is 12.5. The Hall–Kier alpha value is -3.09. The van der Waals surface area contributed by atoms with Crippen LogP contribution in [0.5, 0.6) is 0 Å². The highest BCUT2D eigenvalue weighted by molar-refractivity contribution is 6.07. The summed E-state index contributed by atoms with van der Waals surface area (Å²) in [5, 5.41) is 2.49. The fourth-order valence-electron chi connectivity index (χ4n) is 1.94. The van der Waals surface area contributed by atoms with Gasteiger partial charge in [-0.05, 0) is 35.9 Å². The maximum atomic E-state index is 12.5. The molecule has 2 rings (SSSR count). The van der Waals surface area contributed by atoms with Gasteiger partial charge in [0.1, 0.15) is 0 Å². The lowest BCUT2D eigenvalue weighted by atomic mass is 10.1. The van der Waals surface area contributed by atoms with Gasteiger partial charge in [-0.15, -0.1) is 0 Å². The third kappa shape index (κ3) is 4.45. The minimum Gasteiger partial charge on any atom is -0.366 e. The number of primary amides is 1.